The van der Waals surface area contributed by atoms with Crippen molar-refractivity contribution in [1.29, 1.82) is 0 Å². The summed E-state index contributed by atoms with van der Waals surface area (Å²) in [5.74, 6) is 0.142. The lowest BCUT2D eigenvalue weighted by Crippen LogP contribution is -2.48. The first kappa shape index (κ1) is 17.4. The molecule has 0 amide bonds. The summed E-state index contributed by atoms with van der Waals surface area (Å²) in [5, 5.41) is 0.394. The third kappa shape index (κ3) is 2.97. The van der Waals surface area contributed by atoms with E-state index < -0.39 is 17.2 Å². The number of nitrogens with two attached hydrogens (primary N) is 1. The molecule has 1 aromatic heterocycles. The van der Waals surface area contributed by atoms with Crippen LogP contribution in [0.4, 0.5) is 8.78 Å². The van der Waals surface area contributed by atoms with Crippen LogP contribution in [0.3, 0.4) is 0 Å². The van der Waals surface area contributed by atoms with Gasteiger partial charge in [0, 0.05) is 41.3 Å². The average molecular weight is 376 g/mol. The minimum atomic E-state index is -0.935. The Kier molecular flexibility index (Phi) is 4.40. The predicted molar refractivity (Wildman–Crippen MR) is 95.7 cm³/mol. The first-order valence-electron chi connectivity index (χ1n) is 8.32. The third-order valence-corrected chi connectivity index (χ3v) is 5.95. The zero-order valence-electron chi connectivity index (χ0n) is 14.2. The Morgan fingerprint density at radius 1 is 1.27 bits per heavy atom. The maximum absolute atomic E-state index is 14.6. The molecule has 2 aromatic rings. The standard InChI is InChI=1S/C18H18F2N4OS/c1-10-22-6-11(7-23-10)16-4-12-8-26-17(21)24-18(12,9-25-16)14-3-2-13(19)5-15(14)20/h2-3,5-7,12,16H,4,8-9H2,1H3,(H2,21,24). The minimum absolute atomic E-state index is 0.000172. The molecule has 0 aliphatic carbocycles. The zero-order valence-corrected chi connectivity index (χ0v) is 15.0. The number of halogens is 2. The number of ether oxygens (including phenoxy) is 1. The van der Waals surface area contributed by atoms with E-state index in [1.54, 1.807) is 12.4 Å². The Morgan fingerprint density at radius 3 is 2.77 bits per heavy atom. The number of aryl methyl sites for hydroxylation is 1. The molecule has 1 fully saturated rings. The monoisotopic (exact) mass is 376 g/mol. The molecular formula is C18H18F2N4OS. The SMILES string of the molecule is Cc1ncc(C2CC3CSC(N)=NC3(c3ccc(F)cc3F)CO2)cn1. The molecule has 5 nitrogen and oxygen atoms in total. The van der Waals surface area contributed by atoms with Gasteiger partial charge in [0.2, 0.25) is 0 Å². The average Bonchev–Trinajstić information content (AvgIpc) is 2.61. The molecule has 1 aromatic carbocycles. The number of amidine groups is 1. The second-order valence-corrected chi connectivity index (χ2v) is 7.65. The van der Waals surface area contributed by atoms with E-state index in [1.807, 2.05) is 6.92 Å². The zero-order chi connectivity index (χ0) is 18.3. The van der Waals surface area contributed by atoms with Crippen molar-refractivity contribution in [2.75, 3.05) is 12.4 Å². The second kappa shape index (κ2) is 6.59. The van der Waals surface area contributed by atoms with Crippen molar-refractivity contribution in [2.45, 2.75) is 25.0 Å². The Morgan fingerprint density at radius 2 is 2.04 bits per heavy atom. The topological polar surface area (TPSA) is 73.4 Å². The summed E-state index contributed by atoms with van der Waals surface area (Å²) in [7, 11) is 0. The highest BCUT2D eigenvalue weighted by molar-refractivity contribution is 8.13. The van der Waals surface area contributed by atoms with Gasteiger partial charge in [0.25, 0.3) is 0 Å². The number of fused-ring (bicyclic) bond motifs is 1. The molecule has 1 saturated heterocycles. The molecule has 2 aliphatic rings. The number of rotatable bonds is 2. The molecule has 2 aliphatic heterocycles. The molecule has 26 heavy (non-hydrogen) atoms. The van der Waals surface area contributed by atoms with Gasteiger partial charge in [0.05, 0.1) is 12.7 Å². The maximum Gasteiger partial charge on any atom is 0.154 e. The van der Waals surface area contributed by atoms with Crippen molar-refractivity contribution in [3.63, 3.8) is 0 Å². The quantitative estimate of drug-likeness (QED) is 0.872. The van der Waals surface area contributed by atoms with Crippen LogP contribution in [-0.2, 0) is 10.3 Å². The molecule has 3 unspecified atom stereocenters. The van der Waals surface area contributed by atoms with Gasteiger partial charge >= 0.3 is 0 Å². The van der Waals surface area contributed by atoms with Crippen molar-refractivity contribution in [3.05, 3.63) is 59.2 Å². The van der Waals surface area contributed by atoms with Gasteiger partial charge in [0.1, 0.15) is 23.0 Å². The number of aromatic nitrogens is 2. The summed E-state index contributed by atoms with van der Waals surface area (Å²) in [4.78, 5) is 13.0. The minimum Gasteiger partial charge on any atom is -0.379 e. The van der Waals surface area contributed by atoms with Crippen LogP contribution < -0.4 is 5.73 Å². The Labute approximate surface area is 154 Å². The summed E-state index contributed by atoms with van der Waals surface area (Å²) in [6.07, 6.45) is 3.96. The summed E-state index contributed by atoms with van der Waals surface area (Å²) in [6.45, 7) is 1.99. The van der Waals surface area contributed by atoms with Crippen LogP contribution in [0, 0.1) is 24.5 Å². The van der Waals surface area contributed by atoms with E-state index in [2.05, 4.69) is 15.0 Å². The summed E-state index contributed by atoms with van der Waals surface area (Å²) < 4.78 is 34.0. The fourth-order valence-electron chi connectivity index (χ4n) is 3.61. The lowest BCUT2D eigenvalue weighted by atomic mass is 9.74. The largest absolute Gasteiger partial charge is 0.379 e. The lowest BCUT2D eigenvalue weighted by Gasteiger charge is -2.46. The smallest absolute Gasteiger partial charge is 0.154 e. The van der Waals surface area contributed by atoms with E-state index in [0.29, 0.717) is 28.7 Å². The molecule has 2 N–H and O–H groups in total. The number of hydrogen-bond donors (Lipinski definition) is 1. The Balaban J connectivity index is 1.71. The van der Waals surface area contributed by atoms with E-state index in [1.165, 1.54) is 23.9 Å². The van der Waals surface area contributed by atoms with Gasteiger partial charge in [-0.2, -0.15) is 0 Å². The highest BCUT2D eigenvalue weighted by Crippen LogP contribution is 2.49. The highest BCUT2D eigenvalue weighted by Gasteiger charge is 2.49. The van der Waals surface area contributed by atoms with Crippen LogP contribution in [0.25, 0.3) is 0 Å². The van der Waals surface area contributed by atoms with Crippen molar-refractivity contribution in [2.24, 2.45) is 16.6 Å². The van der Waals surface area contributed by atoms with Crippen LogP contribution in [0.5, 0.6) is 0 Å². The second-order valence-electron chi connectivity index (χ2n) is 6.61. The van der Waals surface area contributed by atoms with E-state index in [9.17, 15) is 8.78 Å². The van der Waals surface area contributed by atoms with Gasteiger partial charge in [0.15, 0.2) is 5.17 Å². The van der Waals surface area contributed by atoms with E-state index in [4.69, 9.17) is 10.5 Å². The number of benzene rings is 1. The van der Waals surface area contributed by atoms with Crippen molar-refractivity contribution < 1.29 is 13.5 Å². The number of hydrogen-bond acceptors (Lipinski definition) is 6. The van der Waals surface area contributed by atoms with Gasteiger partial charge < -0.3 is 10.5 Å². The Hall–Kier alpha value is -2.06. The summed E-state index contributed by atoms with van der Waals surface area (Å²) in [5.41, 5.74) is 6.22. The van der Waals surface area contributed by atoms with Crippen molar-refractivity contribution in [3.8, 4) is 0 Å². The van der Waals surface area contributed by atoms with Crippen LogP contribution in [0.1, 0.15) is 29.5 Å². The lowest BCUT2D eigenvalue weighted by molar-refractivity contribution is -0.0590. The molecule has 8 heteroatoms. The molecule has 0 saturated carbocycles. The van der Waals surface area contributed by atoms with E-state index in [-0.39, 0.29) is 18.6 Å². The highest BCUT2D eigenvalue weighted by atomic mass is 32.2. The van der Waals surface area contributed by atoms with Gasteiger partial charge in [-0.3, -0.25) is 0 Å². The van der Waals surface area contributed by atoms with Crippen LogP contribution in [0.2, 0.25) is 0 Å². The molecule has 0 radical (unpaired) electrons. The van der Waals surface area contributed by atoms with Crippen LogP contribution in [0.15, 0.2) is 35.6 Å². The van der Waals surface area contributed by atoms with E-state index in [0.717, 1.165) is 11.6 Å². The first-order valence-corrected chi connectivity index (χ1v) is 9.30. The molecule has 3 atom stereocenters. The molecule has 3 heterocycles. The molecule has 136 valence electrons. The number of aliphatic imine (C=N–C) groups is 1. The van der Waals surface area contributed by atoms with Gasteiger partial charge in [-0.25, -0.2) is 23.7 Å². The molecular weight excluding hydrogens is 358 g/mol. The Bertz CT molecular complexity index is 861. The molecule has 4 rings (SSSR count). The third-order valence-electron chi connectivity index (χ3n) is 4.99. The first-order chi connectivity index (χ1) is 12.5. The molecule has 0 bridgehead atoms. The van der Waals surface area contributed by atoms with Crippen molar-refractivity contribution >= 4 is 16.9 Å². The van der Waals surface area contributed by atoms with E-state index >= 15 is 0 Å². The maximum atomic E-state index is 14.6. The van der Waals surface area contributed by atoms with Gasteiger partial charge in [-0.05, 0) is 19.4 Å². The van der Waals surface area contributed by atoms with Gasteiger partial charge in [-0.1, -0.05) is 17.8 Å². The normalized spacial score (nSPS) is 28.3. The number of nitrogens with zero attached hydrogens (tertiary/aromatic N) is 3. The molecule has 0 spiro atoms. The summed E-state index contributed by atoms with van der Waals surface area (Å²) in [6, 6.07) is 3.58. The predicted octanol–water partition coefficient (Wildman–Crippen LogP) is 3.10. The fourth-order valence-corrected chi connectivity index (χ4v) is 4.62. The van der Waals surface area contributed by atoms with Crippen LogP contribution >= 0.6 is 11.8 Å². The van der Waals surface area contributed by atoms with Gasteiger partial charge in [-0.15, -0.1) is 0 Å². The number of thioether (sulfide) groups is 1. The fraction of sp³-hybridized carbons (Fsp3) is 0.389. The van der Waals surface area contributed by atoms with Crippen LogP contribution in [-0.4, -0.2) is 27.5 Å². The van der Waals surface area contributed by atoms with Crippen molar-refractivity contribution in [1.82, 2.24) is 9.97 Å². The summed E-state index contributed by atoms with van der Waals surface area (Å²) >= 11 is 1.45.